The van der Waals surface area contributed by atoms with Gasteiger partial charge in [-0.15, -0.1) is 21.5 Å². The molecule has 1 aliphatic heterocycles. The maximum absolute atomic E-state index is 12.7. The number of nitrogens with two attached hydrogens (primary N) is 1. The normalized spacial score (nSPS) is 17.4. The number of thioether (sulfide) groups is 1. The van der Waals surface area contributed by atoms with Crippen LogP contribution in [0.15, 0.2) is 22.7 Å². The Bertz CT molecular complexity index is 759. The zero-order valence-electron chi connectivity index (χ0n) is 14.8. The van der Waals surface area contributed by atoms with Crippen molar-refractivity contribution >= 4 is 34.9 Å². The zero-order chi connectivity index (χ0) is 18.5. The Morgan fingerprint density at radius 2 is 2.23 bits per heavy atom. The average Bonchev–Trinajstić information content (AvgIpc) is 3.29. The number of rotatable bonds is 7. The minimum absolute atomic E-state index is 0.00193. The van der Waals surface area contributed by atoms with Gasteiger partial charge >= 0.3 is 0 Å². The Morgan fingerprint density at radius 3 is 2.92 bits per heavy atom. The first-order valence-corrected chi connectivity index (χ1v) is 10.6. The number of piperidine rings is 1. The topological polar surface area (TPSA) is 94.1 Å². The number of aromatic nitrogens is 3. The molecule has 2 aromatic rings. The molecule has 140 valence electrons. The third-order valence-electron chi connectivity index (χ3n) is 4.52. The van der Waals surface area contributed by atoms with E-state index in [-0.39, 0.29) is 18.2 Å². The van der Waals surface area contributed by atoms with Gasteiger partial charge in [0.2, 0.25) is 11.8 Å². The summed E-state index contributed by atoms with van der Waals surface area (Å²) in [6.45, 7) is 2.95. The summed E-state index contributed by atoms with van der Waals surface area (Å²) in [5.41, 5.74) is 5.39. The van der Waals surface area contributed by atoms with E-state index in [0.29, 0.717) is 17.0 Å². The van der Waals surface area contributed by atoms with Gasteiger partial charge in [0.1, 0.15) is 6.54 Å². The Balaban J connectivity index is 1.73. The van der Waals surface area contributed by atoms with E-state index in [0.717, 1.165) is 30.7 Å². The number of primary amides is 1. The van der Waals surface area contributed by atoms with Crippen LogP contribution >= 0.6 is 23.1 Å². The van der Waals surface area contributed by atoms with Crippen LogP contribution in [-0.4, -0.2) is 49.8 Å². The lowest BCUT2D eigenvalue weighted by Gasteiger charge is -2.35. The van der Waals surface area contributed by atoms with E-state index in [1.165, 1.54) is 29.5 Å². The third kappa shape index (κ3) is 4.27. The first-order valence-electron chi connectivity index (χ1n) is 8.77. The van der Waals surface area contributed by atoms with Gasteiger partial charge in [-0.1, -0.05) is 24.8 Å². The van der Waals surface area contributed by atoms with Crippen molar-refractivity contribution in [3.05, 3.63) is 17.5 Å². The van der Waals surface area contributed by atoms with Gasteiger partial charge < -0.3 is 10.6 Å². The molecule has 26 heavy (non-hydrogen) atoms. The molecule has 2 amide bonds. The highest BCUT2D eigenvalue weighted by atomic mass is 32.2. The van der Waals surface area contributed by atoms with Gasteiger partial charge in [-0.25, -0.2) is 0 Å². The van der Waals surface area contributed by atoms with Gasteiger partial charge in [-0.05, 0) is 37.1 Å². The number of carbonyl (C=O) groups is 2. The predicted octanol–water partition coefficient (Wildman–Crippen LogP) is 2.38. The highest BCUT2D eigenvalue weighted by molar-refractivity contribution is 7.99. The molecule has 0 saturated carbocycles. The minimum atomic E-state index is -0.460. The molecule has 2 aromatic heterocycles. The maximum atomic E-state index is 12.7. The molecule has 1 atom stereocenters. The Kier molecular flexibility index (Phi) is 6.31. The minimum Gasteiger partial charge on any atom is -0.368 e. The van der Waals surface area contributed by atoms with Crippen LogP contribution in [0.2, 0.25) is 0 Å². The number of thiophene rings is 1. The molecule has 2 N–H and O–H groups in total. The van der Waals surface area contributed by atoms with E-state index >= 15 is 0 Å². The lowest BCUT2D eigenvalue weighted by Crippen LogP contribution is -2.44. The van der Waals surface area contributed by atoms with Crippen LogP contribution in [0.5, 0.6) is 0 Å². The van der Waals surface area contributed by atoms with Gasteiger partial charge in [0.15, 0.2) is 11.0 Å². The predicted molar refractivity (Wildman–Crippen MR) is 103 cm³/mol. The molecule has 7 nitrogen and oxygen atoms in total. The van der Waals surface area contributed by atoms with Gasteiger partial charge in [-0.3, -0.25) is 14.2 Å². The van der Waals surface area contributed by atoms with Crippen molar-refractivity contribution in [2.75, 3.05) is 12.3 Å². The smallest absolute Gasteiger partial charge is 0.237 e. The van der Waals surface area contributed by atoms with Gasteiger partial charge in [0.05, 0.1) is 10.6 Å². The molecule has 0 bridgehead atoms. The molecule has 0 aromatic carbocycles. The molecule has 3 rings (SSSR count). The Hall–Kier alpha value is -1.87. The van der Waals surface area contributed by atoms with E-state index in [2.05, 4.69) is 17.1 Å². The summed E-state index contributed by atoms with van der Waals surface area (Å²) in [5.74, 6) is 0.557. The first-order chi connectivity index (χ1) is 12.6. The quantitative estimate of drug-likeness (QED) is 0.729. The zero-order valence-corrected chi connectivity index (χ0v) is 16.4. The van der Waals surface area contributed by atoms with Crippen molar-refractivity contribution < 1.29 is 9.59 Å². The summed E-state index contributed by atoms with van der Waals surface area (Å²) in [4.78, 5) is 27.0. The van der Waals surface area contributed by atoms with Crippen molar-refractivity contribution in [1.29, 1.82) is 0 Å². The van der Waals surface area contributed by atoms with E-state index in [1.807, 2.05) is 22.4 Å². The van der Waals surface area contributed by atoms with Crippen molar-refractivity contribution in [3.8, 4) is 10.7 Å². The molecule has 1 aliphatic rings. The fourth-order valence-corrected chi connectivity index (χ4v) is 4.79. The summed E-state index contributed by atoms with van der Waals surface area (Å²) in [5, 5.41) is 10.9. The van der Waals surface area contributed by atoms with Crippen LogP contribution in [0.1, 0.15) is 32.6 Å². The highest BCUT2D eigenvalue weighted by Crippen LogP contribution is 2.28. The number of hydrogen-bond acceptors (Lipinski definition) is 6. The summed E-state index contributed by atoms with van der Waals surface area (Å²) in [6, 6.07) is 4.17. The van der Waals surface area contributed by atoms with Crippen molar-refractivity contribution in [2.24, 2.45) is 5.73 Å². The standard InChI is InChI=1S/C17H23N5O2S2/c1-2-12-6-3-4-8-21(12)15(24)11-26-17-20-19-16(13-7-5-9-25-13)22(17)10-14(18)23/h5,7,9,12H,2-4,6,8,10-11H2,1H3,(H2,18,23). The average molecular weight is 394 g/mol. The lowest BCUT2D eigenvalue weighted by atomic mass is 10.0. The number of hydrogen-bond donors (Lipinski definition) is 1. The third-order valence-corrected chi connectivity index (χ3v) is 6.33. The fraction of sp³-hybridized carbons (Fsp3) is 0.529. The molecular weight excluding hydrogens is 370 g/mol. The van der Waals surface area contributed by atoms with Crippen molar-refractivity contribution in [1.82, 2.24) is 19.7 Å². The summed E-state index contributed by atoms with van der Waals surface area (Å²) >= 11 is 2.84. The Morgan fingerprint density at radius 1 is 1.38 bits per heavy atom. The van der Waals surface area contributed by atoms with Crippen LogP contribution in [-0.2, 0) is 16.1 Å². The SMILES string of the molecule is CCC1CCCCN1C(=O)CSc1nnc(-c2cccs2)n1CC(N)=O. The summed E-state index contributed by atoms with van der Waals surface area (Å²) < 4.78 is 1.69. The van der Waals surface area contributed by atoms with Gasteiger partial charge in [-0.2, -0.15) is 0 Å². The molecule has 1 unspecified atom stereocenters. The molecule has 0 aliphatic carbocycles. The van der Waals surface area contributed by atoms with Crippen LogP contribution in [0.3, 0.4) is 0 Å². The van der Waals surface area contributed by atoms with Gasteiger partial charge in [0, 0.05) is 12.6 Å². The number of likely N-dealkylation sites (tertiary alicyclic amines) is 1. The number of carbonyl (C=O) groups excluding carboxylic acids is 2. The summed E-state index contributed by atoms with van der Waals surface area (Å²) in [7, 11) is 0. The molecule has 0 spiro atoms. The van der Waals surface area contributed by atoms with Crippen LogP contribution in [0.4, 0.5) is 0 Å². The second-order valence-electron chi connectivity index (χ2n) is 6.27. The molecule has 3 heterocycles. The van der Waals surface area contributed by atoms with Crippen molar-refractivity contribution in [2.45, 2.75) is 50.4 Å². The summed E-state index contributed by atoms with van der Waals surface area (Å²) in [6.07, 6.45) is 4.31. The molecule has 1 saturated heterocycles. The van der Waals surface area contributed by atoms with E-state index in [9.17, 15) is 9.59 Å². The molecule has 0 radical (unpaired) electrons. The van der Waals surface area contributed by atoms with E-state index in [1.54, 1.807) is 4.57 Å². The Labute approximate surface area is 161 Å². The van der Waals surface area contributed by atoms with E-state index in [4.69, 9.17) is 5.73 Å². The van der Waals surface area contributed by atoms with Gasteiger partial charge in [0.25, 0.3) is 0 Å². The highest BCUT2D eigenvalue weighted by Gasteiger charge is 2.26. The lowest BCUT2D eigenvalue weighted by molar-refractivity contribution is -0.132. The van der Waals surface area contributed by atoms with E-state index < -0.39 is 5.91 Å². The van der Waals surface area contributed by atoms with Crippen LogP contribution in [0, 0.1) is 0 Å². The monoisotopic (exact) mass is 393 g/mol. The number of nitrogens with zero attached hydrogens (tertiary/aromatic N) is 4. The second kappa shape index (κ2) is 8.68. The second-order valence-corrected chi connectivity index (χ2v) is 8.16. The maximum Gasteiger partial charge on any atom is 0.237 e. The first kappa shape index (κ1) is 18.9. The van der Waals surface area contributed by atoms with Crippen molar-refractivity contribution in [3.63, 3.8) is 0 Å². The largest absolute Gasteiger partial charge is 0.368 e. The molecule has 1 fully saturated rings. The van der Waals surface area contributed by atoms with Crippen LogP contribution in [0.25, 0.3) is 10.7 Å². The number of amides is 2. The fourth-order valence-electron chi connectivity index (χ4n) is 3.24. The van der Waals surface area contributed by atoms with Crippen LogP contribution < -0.4 is 5.73 Å². The molecule has 9 heteroatoms. The molecular formula is C17H23N5O2S2.